The zero-order valence-electron chi connectivity index (χ0n) is 9.42. The highest BCUT2D eigenvalue weighted by Gasteiger charge is 2.26. The Morgan fingerprint density at radius 1 is 1.41 bits per heavy atom. The molecule has 1 aliphatic heterocycles. The lowest BCUT2D eigenvalue weighted by atomic mass is 10.4. The molecule has 0 atom stereocenters. The normalized spacial score (nSPS) is 15.0. The molecule has 0 aliphatic carbocycles. The Labute approximate surface area is 97.6 Å². The molecule has 17 heavy (non-hydrogen) atoms. The fourth-order valence-electron chi connectivity index (χ4n) is 1.81. The van der Waals surface area contributed by atoms with Crippen molar-refractivity contribution >= 4 is 17.5 Å². The molecule has 1 fully saturated rings. The highest BCUT2D eigenvalue weighted by Crippen LogP contribution is 2.32. The highest BCUT2D eigenvalue weighted by atomic mass is 16.6. The van der Waals surface area contributed by atoms with Gasteiger partial charge in [0, 0.05) is 13.1 Å². The van der Waals surface area contributed by atoms with Crippen molar-refractivity contribution < 1.29 is 9.66 Å². The van der Waals surface area contributed by atoms with Crippen molar-refractivity contribution in [1.29, 1.82) is 0 Å². The van der Waals surface area contributed by atoms with Crippen LogP contribution < -0.4 is 15.4 Å². The average molecular weight is 239 g/mol. The number of methoxy groups -OCH3 is 1. The predicted octanol–water partition coefficient (Wildman–Crippen LogP) is 0.576. The molecule has 8 nitrogen and oxygen atoms in total. The summed E-state index contributed by atoms with van der Waals surface area (Å²) < 4.78 is 4.89. The monoisotopic (exact) mass is 239 g/mol. The van der Waals surface area contributed by atoms with Gasteiger partial charge in [0.2, 0.25) is 11.8 Å². The molecule has 2 heterocycles. The molecule has 1 aromatic heterocycles. The Bertz CT molecular complexity index is 445. The zero-order chi connectivity index (χ0) is 12.4. The second kappa shape index (κ2) is 4.40. The van der Waals surface area contributed by atoms with Gasteiger partial charge in [0.15, 0.2) is 0 Å². The second-order valence-electron chi connectivity index (χ2n) is 3.72. The van der Waals surface area contributed by atoms with E-state index in [0.29, 0.717) is 5.95 Å². The molecule has 2 N–H and O–H groups in total. The van der Waals surface area contributed by atoms with E-state index in [1.807, 2.05) is 4.90 Å². The lowest BCUT2D eigenvalue weighted by Crippen LogP contribution is -2.21. The number of nitrogens with two attached hydrogens (primary N) is 1. The van der Waals surface area contributed by atoms with Crippen molar-refractivity contribution in [3.63, 3.8) is 0 Å². The van der Waals surface area contributed by atoms with Gasteiger partial charge in [-0.2, -0.15) is 9.97 Å². The zero-order valence-corrected chi connectivity index (χ0v) is 9.42. The van der Waals surface area contributed by atoms with Crippen LogP contribution >= 0.6 is 0 Å². The van der Waals surface area contributed by atoms with Gasteiger partial charge in [-0.1, -0.05) is 0 Å². The van der Waals surface area contributed by atoms with Gasteiger partial charge in [0.25, 0.3) is 0 Å². The van der Waals surface area contributed by atoms with Crippen LogP contribution in [0.25, 0.3) is 0 Å². The first kappa shape index (κ1) is 11.4. The molecular formula is C9H13N5O3. The van der Waals surface area contributed by atoms with E-state index in [9.17, 15) is 10.1 Å². The van der Waals surface area contributed by atoms with Crippen LogP contribution in [0.3, 0.4) is 0 Å². The molecule has 0 saturated carbocycles. The number of anilines is 2. The number of rotatable bonds is 3. The quantitative estimate of drug-likeness (QED) is 0.607. The molecule has 0 aromatic carbocycles. The van der Waals surface area contributed by atoms with E-state index in [2.05, 4.69) is 9.97 Å². The van der Waals surface area contributed by atoms with Gasteiger partial charge in [-0.05, 0) is 12.8 Å². The molecule has 0 unspecified atom stereocenters. The molecule has 0 spiro atoms. The number of nitrogens with zero attached hydrogens (tertiary/aromatic N) is 4. The number of ether oxygens (including phenoxy) is 1. The maximum Gasteiger partial charge on any atom is 0.372 e. The molecule has 8 heteroatoms. The van der Waals surface area contributed by atoms with Crippen LogP contribution in [0, 0.1) is 10.1 Å². The van der Waals surface area contributed by atoms with E-state index in [0.717, 1.165) is 25.9 Å². The molecule has 1 aliphatic rings. The summed E-state index contributed by atoms with van der Waals surface area (Å²) in [6.45, 7) is 1.67. The van der Waals surface area contributed by atoms with Crippen molar-refractivity contribution in [2.24, 2.45) is 0 Å². The van der Waals surface area contributed by atoms with Crippen molar-refractivity contribution in [3.05, 3.63) is 10.1 Å². The maximum absolute atomic E-state index is 10.8. The molecule has 1 aromatic rings. The van der Waals surface area contributed by atoms with Crippen LogP contribution in [0.2, 0.25) is 0 Å². The number of hydrogen-bond acceptors (Lipinski definition) is 7. The van der Waals surface area contributed by atoms with E-state index >= 15 is 0 Å². The lowest BCUT2D eigenvalue weighted by Gasteiger charge is -2.15. The summed E-state index contributed by atoms with van der Waals surface area (Å²) in [5, 5.41) is 10.8. The van der Waals surface area contributed by atoms with Crippen LogP contribution in [-0.4, -0.2) is 35.1 Å². The van der Waals surface area contributed by atoms with E-state index in [1.165, 1.54) is 7.11 Å². The SMILES string of the molecule is COc1nc(N2CCCC2)nc(N)c1[N+](=O)[O-]. The van der Waals surface area contributed by atoms with Crippen molar-refractivity contribution in [1.82, 2.24) is 9.97 Å². The Balaban J connectivity index is 2.43. The van der Waals surface area contributed by atoms with E-state index < -0.39 is 4.92 Å². The Morgan fingerprint density at radius 3 is 2.59 bits per heavy atom. The fourth-order valence-corrected chi connectivity index (χ4v) is 1.81. The largest absolute Gasteiger partial charge is 0.476 e. The minimum Gasteiger partial charge on any atom is -0.476 e. The van der Waals surface area contributed by atoms with Crippen LogP contribution in [0.4, 0.5) is 17.5 Å². The van der Waals surface area contributed by atoms with Gasteiger partial charge in [0.05, 0.1) is 12.0 Å². The molecule has 2 rings (SSSR count). The Morgan fingerprint density at radius 2 is 2.06 bits per heavy atom. The van der Waals surface area contributed by atoms with Crippen LogP contribution in [0.1, 0.15) is 12.8 Å². The second-order valence-corrected chi connectivity index (χ2v) is 3.72. The Kier molecular flexibility index (Phi) is 2.94. The summed E-state index contributed by atoms with van der Waals surface area (Å²) in [7, 11) is 1.32. The average Bonchev–Trinajstić information content (AvgIpc) is 2.80. The van der Waals surface area contributed by atoms with Gasteiger partial charge in [-0.3, -0.25) is 10.1 Å². The predicted molar refractivity (Wildman–Crippen MR) is 61.1 cm³/mol. The fraction of sp³-hybridized carbons (Fsp3) is 0.556. The van der Waals surface area contributed by atoms with Crippen LogP contribution in [0.5, 0.6) is 5.88 Å². The van der Waals surface area contributed by atoms with Crippen molar-refractivity contribution in [2.75, 3.05) is 30.8 Å². The minimum atomic E-state index is -0.637. The summed E-state index contributed by atoms with van der Waals surface area (Å²) in [6, 6.07) is 0. The van der Waals surface area contributed by atoms with Gasteiger partial charge >= 0.3 is 11.6 Å². The Hall–Kier alpha value is -2.12. The molecule has 1 saturated heterocycles. The standard InChI is InChI=1S/C9H13N5O3/c1-17-8-6(14(15)16)7(10)11-9(12-8)13-4-2-3-5-13/h2-5H2,1H3,(H2,10,11,12). The first-order valence-corrected chi connectivity index (χ1v) is 5.24. The van der Waals surface area contributed by atoms with Gasteiger partial charge in [-0.25, -0.2) is 0 Å². The van der Waals surface area contributed by atoms with Crippen LogP contribution in [0.15, 0.2) is 0 Å². The molecule has 0 amide bonds. The smallest absolute Gasteiger partial charge is 0.372 e. The molecule has 92 valence electrons. The molecular weight excluding hydrogens is 226 g/mol. The molecule has 0 bridgehead atoms. The summed E-state index contributed by atoms with van der Waals surface area (Å²) in [4.78, 5) is 20.1. The van der Waals surface area contributed by atoms with E-state index in [1.54, 1.807) is 0 Å². The van der Waals surface area contributed by atoms with E-state index in [-0.39, 0.29) is 17.4 Å². The van der Waals surface area contributed by atoms with Gasteiger partial charge in [-0.15, -0.1) is 0 Å². The topological polar surface area (TPSA) is 107 Å². The molecule has 0 radical (unpaired) electrons. The van der Waals surface area contributed by atoms with E-state index in [4.69, 9.17) is 10.5 Å². The maximum atomic E-state index is 10.8. The summed E-state index contributed by atoms with van der Waals surface area (Å²) >= 11 is 0. The minimum absolute atomic E-state index is 0.0931. The van der Waals surface area contributed by atoms with Crippen LogP contribution in [-0.2, 0) is 0 Å². The number of nitrogen functional groups attached to an aromatic ring is 1. The third-order valence-corrected chi connectivity index (χ3v) is 2.63. The van der Waals surface area contributed by atoms with Gasteiger partial charge in [0.1, 0.15) is 0 Å². The summed E-state index contributed by atoms with van der Waals surface area (Å²) in [5.41, 5.74) is 5.19. The third-order valence-electron chi connectivity index (χ3n) is 2.63. The summed E-state index contributed by atoms with van der Waals surface area (Å²) in [6.07, 6.45) is 2.12. The first-order chi connectivity index (χ1) is 8.13. The number of aromatic nitrogens is 2. The van der Waals surface area contributed by atoms with Crippen molar-refractivity contribution in [3.8, 4) is 5.88 Å². The van der Waals surface area contributed by atoms with Crippen molar-refractivity contribution in [2.45, 2.75) is 12.8 Å². The van der Waals surface area contributed by atoms with Gasteiger partial charge < -0.3 is 15.4 Å². The summed E-state index contributed by atoms with van der Waals surface area (Å²) in [5.74, 6) is 0.135. The first-order valence-electron chi connectivity index (χ1n) is 5.24. The highest BCUT2D eigenvalue weighted by molar-refractivity contribution is 5.61. The lowest BCUT2D eigenvalue weighted by molar-refractivity contribution is -0.385. The third kappa shape index (κ3) is 2.05. The number of nitro groups is 1. The number of hydrogen-bond donors (Lipinski definition) is 1.